The van der Waals surface area contributed by atoms with E-state index in [1.54, 1.807) is 18.2 Å². The van der Waals surface area contributed by atoms with Crippen LogP contribution in [0.2, 0.25) is 5.15 Å². The molecule has 0 spiro atoms. The lowest BCUT2D eigenvalue weighted by molar-refractivity contribution is -0.118. The Bertz CT molecular complexity index is 449. The highest BCUT2D eigenvalue weighted by molar-refractivity contribution is 6.29. The number of nitrogens with two attached hydrogens (primary N) is 1. The average Bonchev–Trinajstić information content (AvgIpc) is 2.26. The maximum absolute atomic E-state index is 12.2. The fourth-order valence-corrected chi connectivity index (χ4v) is 1.70. The van der Waals surface area contributed by atoms with E-state index in [0.717, 1.165) is 0 Å². The zero-order valence-corrected chi connectivity index (χ0v) is 11.1. The number of hydrogen-bond acceptors (Lipinski definition) is 3. The number of halogens is 1. The van der Waals surface area contributed by atoms with E-state index in [1.807, 2.05) is 13.8 Å². The molecule has 1 rings (SSSR count). The molecular weight excluding hydrogens is 254 g/mol. The fraction of sp³-hybridized carbons (Fsp3) is 0.417. The van der Waals surface area contributed by atoms with Gasteiger partial charge in [0.1, 0.15) is 10.8 Å². The van der Waals surface area contributed by atoms with E-state index in [0.29, 0.717) is 6.54 Å². The van der Waals surface area contributed by atoms with Gasteiger partial charge in [-0.15, -0.1) is 0 Å². The number of hydrogen-bond donors (Lipinski definition) is 1. The van der Waals surface area contributed by atoms with Crippen LogP contribution >= 0.6 is 11.6 Å². The molecular formula is C12H16ClN3O2. The van der Waals surface area contributed by atoms with Crippen LogP contribution in [0.5, 0.6) is 0 Å². The Morgan fingerprint density at radius 1 is 1.44 bits per heavy atom. The van der Waals surface area contributed by atoms with Gasteiger partial charge in [-0.2, -0.15) is 0 Å². The second-order valence-electron chi connectivity index (χ2n) is 4.39. The van der Waals surface area contributed by atoms with Gasteiger partial charge in [0.05, 0.1) is 6.54 Å². The number of primary amides is 1. The molecule has 0 aliphatic carbocycles. The molecule has 0 aromatic carbocycles. The normalized spacial score (nSPS) is 10.4. The predicted octanol–water partition coefficient (Wildman–Crippen LogP) is 1.32. The van der Waals surface area contributed by atoms with Gasteiger partial charge in [-0.05, 0) is 18.1 Å². The Morgan fingerprint density at radius 2 is 2.11 bits per heavy atom. The highest BCUT2D eigenvalue weighted by Crippen LogP contribution is 2.09. The van der Waals surface area contributed by atoms with E-state index in [-0.39, 0.29) is 29.2 Å². The second kappa shape index (κ2) is 6.35. The molecule has 0 aliphatic heterocycles. The van der Waals surface area contributed by atoms with E-state index in [1.165, 1.54) is 4.90 Å². The zero-order chi connectivity index (χ0) is 13.7. The van der Waals surface area contributed by atoms with Gasteiger partial charge in [0.15, 0.2) is 0 Å². The van der Waals surface area contributed by atoms with Crippen LogP contribution < -0.4 is 5.73 Å². The maximum Gasteiger partial charge on any atom is 0.272 e. The summed E-state index contributed by atoms with van der Waals surface area (Å²) < 4.78 is 0. The Kier molecular flexibility index (Phi) is 5.09. The molecule has 0 unspecified atom stereocenters. The summed E-state index contributed by atoms with van der Waals surface area (Å²) in [5.74, 6) is -0.663. The molecule has 0 saturated heterocycles. The first-order valence-electron chi connectivity index (χ1n) is 5.60. The van der Waals surface area contributed by atoms with E-state index in [4.69, 9.17) is 17.3 Å². The summed E-state index contributed by atoms with van der Waals surface area (Å²) in [6.45, 7) is 4.22. The minimum absolute atomic E-state index is 0.120. The van der Waals surface area contributed by atoms with Gasteiger partial charge in [0.25, 0.3) is 5.91 Å². The SMILES string of the molecule is CC(C)CN(CC(N)=O)C(=O)c1cccc(Cl)n1. The molecule has 1 heterocycles. The van der Waals surface area contributed by atoms with E-state index in [9.17, 15) is 9.59 Å². The summed E-state index contributed by atoms with van der Waals surface area (Å²) in [4.78, 5) is 28.5. The van der Waals surface area contributed by atoms with Crippen LogP contribution in [0.4, 0.5) is 0 Å². The number of aromatic nitrogens is 1. The molecule has 0 saturated carbocycles. The van der Waals surface area contributed by atoms with Crippen LogP contribution in [0, 0.1) is 5.92 Å². The lowest BCUT2D eigenvalue weighted by Crippen LogP contribution is -2.40. The molecule has 0 bridgehead atoms. The number of amides is 2. The van der Waals surface area contributed by atoms with Gasteiger partial charge >= 0.3 is 0 Å². The average molecular weight is 270 g/mol. The van der Waals surface area contributed by atoms with Gasteiger partial charge < -0.3 is 10.6 Å². The summed E-state index contributed by atoms with van der Waals surface area (Å²) in [7, 11) is 0. The summed E-state index contributed by atoms with van der Waals surface area (Å²) in [6.07, 6.45) is 0. The van der Waals surface area contributed by atoms with Crippen LogP contribution in [0.3, 0.4) is 0 Å². The third kappa shape index (κ3) is 4.33. The fourth-order valence-electron chi connectivity index (χ4n) is 1.54. The molecule has 0 fully saturated rings. The van der Waals surface area contributed by atoms with Gasteiger partial charge in [-0.3, -0.25) is 9.59 Å². The number of rotatable bonds is 5. The molecule has 0 radical (unpaired) electrons. The molecule has 2 amide bonds. The van der Waals surface area contributed by atoms with Crippen molar-refractivity contribution < 1.29 is 9.59 Å². The van der Waals surface area contributed by atoms with E-state index < -0.39 is 5.91 Å². The molecule has 98 valence electrons. The largest absolute Gasteiger partial charge is 0.368 e. The van der Waals surface area contributed by atoms with Crippen molar-refractivity contribution in [2.75, 3.05) is 13.1 Å². The lowest BCUT2D eigenvalue weighted by Gasteiger charge is -2.22. The van der Waals surface area contributed by atoms with Crippen LogP contribution in [0.25, 0.3) is 0 Å². The molecule has 5 nitrogen and oxygen atoms in total. The standard InChI is InChI=1S/C12H16ClN3O2/c1-8(2)6-16(7-11(14)17)12(18)9-4-3-5-10(13)15-9/h3-5,8H,6-7H2,1-2H3,(H2,14,17). The molecule has 6 heteroatoms. The lowest BCUT2D eigenvalue weighted by atomic mass is 10.2. The molecule has 0 atom stereocenters. The third-order valence-electron chi connectivity index (χ3n) is 2.15. The van der Waals surface area contributed by atoms with Crippen molar-refractivity contribution in [3.8, 4) is 0 Å². The molecule has 1 aromatic heterocycles. The van der Waals surface area contributed by atoms with Gasteiger partial charge in [-0.1, -0.05) is 31.5 Å². The number of carbonyl (C=O) groups is 2. The smallest absolute Gasteiger partial charge is 0.272 e. The summed E-state index contributed by atoms with van der Waals surface area (Å²) >= 11 is 5.73. The second-order valence-corrected chi connectivity index (χ2v) is 4.78. The van der Waals surface area contributed by atoms with Crippen molar-refractivity contribution in [2.45, 2.75) is 13.8 Å². The predicted molar refractivity (Wildman–Crippen MR) is 69.2 cm³/mol. The monoisotopic (exact) mass is 269 g/mol. The first kappa shape index (κ1) is 14.4. The van der Waals surface area contributed by atoms with Crippen molar-refractivity contribution in [3.05, 3.63) is 29.0 Å². The van der Waals surface area contributed by atoms with Crippen molar-refractivity contribution in [1.82, 2.24) is 9.88 Å². The number of pyridine rings is 1. The summed E-state index contributed by atoms with van der Waals surface area (Å²) in [5.41, 5.74) is 5.35. The third-order valence-corrected chi connectivity index (χ3v) is 2.36. The van der Waals surface area contributed by atoms with Crippen LogP contribution in [-0.2, 0) is 4.79 Å². The van der Waals surface area contributed by atoms with Crippen LogP contribution in [0.1, 0.15) is 24.3 Å². The Balaban J connectivity index is 2.90. The Labute approximate surface area is 111 Å². The van der Waals surface area contributed by atoms with E-state index in [2.05, 4.69) is 4.98 Å². The minimum atomic E-state index is -0.550. The van der Waals surface area contributed by atoms with Gasteiger partial charge in [0.2, 0.25) is 5.91 Å². The van der Waals surface area contributed by atoms with Crippen LogP contribution in [-0.4, -0.2) is 34.8 Å². The Hall–Kier alpha value is -1.62. The first-order valence-corrected chi connectivity index (χ1v) is 5.98. The van der Waals surface area contributed by atoms with Gasteiger partial charge in [0, 0.05) is 6.54 Å². The summed E-state index contributed by atoms with van der Waals surface area (Å²) in [6, 6.07) is 4.78. The highest BCUT2D eigenvalue weighted by Gasteiger charge is 2.19. The van der Waals surface area contributed by atoms with Crippen molar-refractivity contribution in [2.24, 2.45) is 11.7 Å². The van der Waals surface area contributed by atoms with Gasteiger partial charge in [-0.25, -0.2) is 4.98 Å². The molecule has 18 heavy (non-hydrogen) atoms. The number of nitrogens with zero attached hydrogens (tertiary/aromatic N) is 2. The summed E-state index contributed by atoms with van der Waals surface area (Å²) in [5, 5.41) is 0.240. The topological polar surface area (TPSA) is 76.3 Å². The van der Waals surface area contributed by atoms with E-state index >= 15 is 0 Å². The molecule has 2 N–H and O–H groups in total. The van der Waals surface area contributed by atoms with Crippen molar-refractivity contribution in [3.63, 3.8) is 0 Å². The Morgan fingerprint density at radius 3 is 2.61 bits per heavy atom. The molecule has 1 aromatic rings. The van der Waals surface area contributed by atoms with Crippen molar-refractivity contribution in [1.29, 1.82) is 0 Å². The highest BCUT2D eigenvalue weighted by atomic mass is 35.5. The molecule has 0 aliphatic rings. The van der Waals surface area contributed by atoms with Crippen LogP contribution in [0.15, 0.2) is 18.2 Å². The van der Waals surface area contributed by atoms with Crippen molar-refractivity contribution >= 4 is 23.4 Å². The maximum atomic E-state index is 12.2. The zero-order valence-electron chi connectivity index (χ0n) is 10.4. The first-order chi connectivity index (χ1) is 8.40. The quantitative estimate of drug-likeness (QED) is 0.819. The number of carbonyl (C=O) groups excluding carboxylic acids is 2. The minimum Gasteiger partial charge on any atom is -0.368 e.